The van der Waals surface area contributed by atoms with Crippen molar-refractivity contribution in [3.8, 4) is 0 Å². The summed E-state index contributed by atoms with van der Waals surface area (Å²) in [6, 6.07) is 0.689. The van der Waals surface area contributed by atoms with E-state index in [1.807, 2.05) is 0 Å². The molecule has 1 fully saturated rings. The van der Waals surface area contributed by atoms with Crippen LogP contribution >= 0.6 is 0 Å². The lowest BCUT2D eigenvalue weighted by Gasteiger charge is -2.29. The third-order valence-corrected chi connectivity index (χ3v) is 4.36. The Morgan fingerprint density at radius 3 is 2.27 bits per heavy atom. The number of hydrogen-bond donors (Lipinski definition) is 1. The van der Waals surface area contributed by atoms with E-state index in [1.165, 1.54) is 38.6 Å². The van der Waals surface area contributed by atoms with Crippen LogP contribution < -0.4 is 5.32 Å². The number of rotatable bonds is 5. The molecule has 0 aliphatic heterocycles. The Labute approximate surface area is 96.0 Å². The minimum absolute atomic E-state index is 0.689. The maximum absolute atomic E-state index is 3.72. The summed E-state index contributed by atoms with van der Waals surface area (Å²) in [5.74, 6) is 2.74. The first-order valence-electron chi connectivity index (χ1n) is 6.86. The molecule has 1 heteroatoms. The van der Waals surface area contributed by atoms with Gasteiger partial charge in [0.25, 0.3) is 0 Å². The fourth-order valence-electron chi connectivity index (χ4n) is 2.44. The number of hydrogen-bond acceptors (Lipinski definition) is 1. The minimum atomic E-state index is 0.689. The van der Waals surface area contributed by atoms with E-state index in [0.717, 1.165) is 17.8 Å². The van der Waals surface area contributed by atoms with E-state index in [1.54, 1.807) is 0 Å². The van der Waals surface area contributed by atoms with Gasteiger partial charge in [-0.15, -0.1) is 0 Å². The first kappa shape index (κ1) is 13.0. The van der Waals surface area contributed by atoms with Crippen molar-refractivity contribution < 1.29 is 0 Å². The van der Waals surface area contributed by atoms with E-state index in [2.05, 4.69) is 33.0 Å². The third kappa shape index (κ3) is 4.55. The van der Waals surface area contributed by atoms with Crippen LogP contribution in [-0.2, 0) is 0 Å². The van der Waals surface area contributed by atoms with Crippen molar-refractivity contribution in [2.24, 2.45) is 17.8 Å². The van der Waals surface area contributed by atoms with Crippen LogP contribution in [0.25, 0.3) is 0 Å². The quantitative estimate of drug-likeness (QED) is 0.728. The molecule has 0 spiro atoms. The Balaban J connectivity index is 2.14. The summed E-state index contributed by atoms with van der Waals surface area (Å²) >= 11 is 0. The predicted octanol–water partition coefficient (Wildman–Crippen LogP) is 3.84. The van der Waals surface area contributed by atoms with E-state index >= 15 is 0 Å². The molecule has 0 saturated heterocycles. The molecular formula is C14H29N. The van der Waals surface area contributed by atoms with Crippen molar-refractivity contribution in [2.75, 3.05) is 6.54 Å². The molecular weight excluding hydrogens is 182 g/mol. The molecule has 1 aliphatic carbocycles. The van der Waals surface area contributed by atoms with Gasteiger partial charge in [-0.2, -0.15) is 0 Å². The van der Waals surface area contributed by atoms with Gasteiger partial charge in [-0.05, 0) is 44.1 Å². The lowest BCUT2D eigenvalue weighted by Crippen LogP contribution is -2.36. The van der Waals surface area contributed by atoms with Gasteiger partial charge in [0.1, 0.15) is 0 Å². The zero-order valence-corrected chi connectivity index (χ0v) is 11.1. The molecule has 0 aromatic rings. The second kappa shape index (κ2) is 6.52. The molecule has 1 rings (SSSR count). The molecule has 0 aromatic carbocycles. The Hall–Kier alpha value is -0.0400. The lowest BCUT2D eigenvalue weighted by molar-refractivity contribution is 0.264. The SMILES string of the molecule is CCC(C)C(C)NCC1CCC(C)CC1. The maximum Gasteiger partial charge on any atom is 0.00643 e. The Morgan fingerprint density at radius 1 is 1.13 bits per heavy atom. The van der Waals surface area contributed by atoms with Crippen molar-refractivity contribution in [3.05, 3.63) is 0 Å². The Morgan fingerprint density at radius 2 is 1.73 bits per heavy atom. The fourth-order valence-corrected chi connectivity index (χ4v) is 2.44. The van der Waals surface area contributed by atoms with Gasteiger partial charge in [0.05, 0.1) is 0 Å². The van der Waals surface area contributed by atoms with Crippen LogP contribution in [0.3, 0.4) is 0 Å². The van der Waals surface area contributed by atoms with E-state index in [9.17, 15) is 0 Å². The van der Waals surface area contributed by atoms with Gasteiger partial charge in [0, 0.05) is 6.04 Å². The van der Waals surface area contributed by atoms with Crippen LogP contribution in [0.4, 0.5) is 0 Å². The van der Waals surface area contributed by atoms with Gasteiger partial charge in [-0.1, -0.05) is 40.0 Å². The molecule has 0 bridgehead atoms. The highest BCUT2D eigenvalue weighted by Crippen LogP contribution is 2.27. The monoisotopic (exact) mass is 211 g/mol. The second-order valence-electron chi connectivity index (χ2n) is 5.71. The van der Waals surface area contributed by atoms with Crippen LogP contribution in [0.2, 0.25) is 0 Å². The van der Waals surface area contributed by atoms with E-state index < -0.39 is 0 Å². The molecule has 1 nitrogen and oxygen atoms in total. The first-order valence-corrected chi connectivity index (χ1v) is 6.86. The molecule has 15 heavy (non-hydrogen) atoms. The Bertz CT molecular complexity index is 159. The fraction of sp³-hybridized carbons (Fsp3) is 1.00. The highest BCUT2D eigenvalue weighted by Gasteiger charge is 2.19. The molecule has 0 amide bonds. The summed E-state index contributed by atoms with van der Waals surface area (Å²) < 4.78 is 0. The van der Waals surface area contributed by atoms with Crippen LogP contribution in [0.5, 0.6) is 0 Å². The first-order chi connectivity index (χ1) is 7.13. The van der Waals surface area contributed by atoms with Gasteiger partial charge in [-0.3, -0.25) is 0 Å². The average Bonchev–Trinajstić information content (AvgIpc) is 2.26. The topological polar surface area (TPSA) is 12.0 Å². The Kier molecular flexibility index (Phi) is 5.66. The van der Waals surface area contributed by atoms with Crippen molar-refractivity contribution in [1.82, 2.24) is 5.32 Å². The van der Waals surface area contributed by atoms with Crippen molar-refractivity contribution in [1.29, 1.82) is 0 Å². The highest BCUT2D eigenvalue weighted by molar-refractivity contribution is 4.74. The summed E-state index contributed by atoms with van der Waals surface area (Å²) in [4.78, 5) is 0. The molecule has 0 aromatic heterocycles. The molecule has 0 radical (unpaired) electrons. The van der Waals surface area contributed by atoms with Gasteiger partial charge < -0.3 is 5.32 Å². The summed E-state index contributed by atoms with van der Waals surface area (Å²) in [6.45, 7) is 10.6. The van der Waals surface area contributed by atoms with Crippen LogP contribution in [0.1, 0.15) is 59.8 Å². The molecule has 2 atom stereocenters. The highest BCUT2D eigenvalue weighted by atomic mass is 14.9. The molecule has 2 unspecified atom stereocenters. The summed E-state index contributed by atoms with van der Waals surface area (Å²) in [7, 11) is 0. The smallest absolute Gasteiger partial charge is 0.00643 e. The zero-order chi connectivity index (χ0) is 11.3. The van der Waals surface area contributed by atoms with Crippen LogP contribution in [-0.4, -0.2) is 12.6 Å². The van der Waals surface area contributed by atoms with E-state index in [0.29, 0.717) is 6.04 Å². The minimum Gasteiger partial charge on any atom is -0.314 e. The average molecular weight is 211 g/mol. The van der Waals surface area contributed by atoms with Crippen LogP contribution in [0, 0.1) is 17.8 Å². The standard InChI is InChI=1S/C14H29N/c1-5-12(3)13(4)15-10-14-8-6-11(2)7-9-14/h11-15H,5-10H2,1-4H3. The predicted molar refractivity (Wildman–Crippen MR) is 68.0 cm³/mol. The van der Waals surface area contributed by atoms with Gasteiger partial charge in [0.15, 0.2) is 0 Å². The largest absolute Gasteiger partial charge is 0.314 e. The molecule has 1 aliphatic rings. The van der Waals surface area contributed by atoms with Gasteiger partial charge in [-0.25, -0.2) is 0 Å². The lowest BCUT2D eigenvalue weighted by atomic mass is 9.83. The summed E-state index contributed by atoms with van der Waals surface area (Å²) in [5.41, 5.74) is 0. The zero-order valence-electron chi connectivity index (χ0n) is 11.1. The maximum atomic E-state index is 3.72. The summed E-state index contributed by atoms with van der Waals surface area (Å²) in [5, 5.41) is 3.72. The third-order valence-electron chi connectivity index (χ3n) is 4.36. The number of nitrogens with one attached hydrogen (secondary N) is 1. The van der Waals surface area contributed by atoms with Gasteiger partial charge >= 0.3 is 0 Å². The normalized spacial score (nSPS) is 31.2. The molecule has 90 valence electrons. The van der Waals surface area contributed by atoms with Crippen molar-refractivity contribution >= 4 is 0 Å². The van der Waals surface area contributed by atoms with Crippen molar-refractivity contribution in [3.63, 3.8) is 0 Å². The second-order valence-corrected chi connectivity index (χ2v) is 5.71. The van der Waals surface area contributed by atoms with E-state index in [-0.39, 0.29) is 0 Å². The van der Waals surface area contributed by atoms with Crippen LogP contribution in [0.15, 0.2) is 0 Å². The molecule has 1 N–H and O–H groups in total. The van der Waals surface area contributed by atoms with E-state index in [4.69, 9.17) is 0 Å². The molecule has 0 heterocycles. The summed E-state index contributed by atoms with van der Waals surface area (Å²) in [6.07, 6.45) is 7.08. The van der Waals surface area contributed by atoms with Crippen molar-refractivity contribution in [2.45, 2.75) is 65.8 Å². The molecule has 1 saturated carbocycles. The van der Waals surface area contributed by atoms with Gasteiger partial charge in [0.2, 0.25) is 0 Å².